The summed E-state index contributed by atoms with van der Waals surface area (Å²) in [7, 11) is 0. The fourth-order valence-corrected chi connectivity index (χ4v) is 11.2. The molecule has 0 N–H and O–H groups in total. The predicted octanol–water partition coefficient (Wildman–Crippen LogP) is 18.8. The summed E-state index contributed by atoms with van der Waals surface area (Å²) in [5.41, 5.74) is 7.56. The first-order valence-electron chi connectivity index (χ1n) is 25.4. The van der Waals surface area contributed by atoms with Crippen LogP contribution in [-0.4, -0.2) is 9.13 Å². The number of fused-ring (bicyclic) bond motifs is 6. The molecule has 0 radical (unpaired) electrons. The van der Waals surface area contributed by atoms with Crippen molar-refractivity contribution in [2.24, 2.45) is 0 Å². The molecule has 0 unspecified atom stereocenters. The number of nitrogens with zero attached hydrogens (tertiary/aromatic N) is 11. The van der Waals surface area contributed by atoms with Crippen LogP contribution < -0.4 is 0 Å². The summed E-state index contributed by atoms with van der Waals surface area (Å²) in [4.78, 5) is 14.5. The molecular formula is C70H30F3N11. The van der Waals surface area contributed by atoms with Crippen LogP contribution in [0.1, 0.15) is 33.4 Å². The predicted molar refractivity (Wildman–Crippen MR) is 316 cm³/mol. The van der Waals surface area contributed by atoms with Gasteiger partial charge >= 0.3 is 6.18 Å². The molecule has 0 fully saturated rings. The second kappa shape index (κ2) is 20.3. The average molecular weight is 1080 g/mol. The zero-order valence-electron chi connectivity index (χ0n) is 43.4. The molecule has 0 bridgehead atoms. The minimum Gasteiger partial charge on any atom is -0.309 e. The van der Waals surface area contributed by atoms with Crippen molar-refractivity contribution in [3.63, 3.8) is 0 Å². The first-order valence-corrected chi connectivity index (χ1v) is 25.4. The van der Waals surface area contributed by atoms with Crippen LogP contribution in [0, 0.1) is 82.9 Å². The van der Waals surface area contributed by atoms with E-state index in [0.29, 0.717) is 99.2 Å². The Kier molecular flexibility index (Phi) is 12.5. The molecule has 0 amide bonds. The third-order valence-electron chi connectivity index (χ3n) is 15.0. The van der Waals surface area contributed by atoms with E-state index in [1.165, 1.54) is 34.9 Å². The summed E-state index contributed by atoms with van der Waals surface area (Å²) >= 11 is 0. The van der Waals surface area contributed by atoms with Gasteiger partial charge in [-0.05, 0) is 147 Å². The molecule has 2 aromatic heterocycles. The summed E-state index contributed by atoms with van der Waals surface area (Å²) < 4.78 is 53.3. The zero-order valence-corrected chi connectivity index (χ0v) is 43.4. The largest absolute Gasteiger partial charge is 0.418 e. The number of hydrogen-bond donors (Lipinski definition) is 0. The normalized spacial score (nSPS) is 10.9. The zero-order chi connectivity index (χ0) is 58.6. The highest BCUT2D eigenvalue weighted by atomic mass is 19.4. The lowest BCUT2D eigenvalue weighted by atomic mass is 9.95. The van der Waals surface area contributed by atoms with E-state index in [1.54, 1.807) is 138 Å². The Balaban J connectivity index is 1.19. The van der Waals surface area contributed by atoms with Gasteiger partial charge in [0.25, 0.3) is 0 Å². The molecule has 0 aliphatic carbocycles. The number of benzene rings is 10. The van der Waals surface area contributed by atoms with Gasteiger partial charge in [-0.25, -0.2) is 19.4 Å². The molecule has 386 valence electrons. The van der Waals surface area contributed by atoms with Gasteiger partial charge < -0.3 is 9.13 Å². The van der Waals surface area contributed by atoms with Gasteiger partial charge in [0.15, 0.2) is 22.7 Å². The van der Waals surface area contributed by atoms with E-state index in [4.69, 9.17) is 26.3 Å². The first kappa shape index (κ1) is 51.7. The lowest BCUT2D eigenvalue weighted by Crippen LogP contribution is -2.13. The highest BCUT2D eigenvalue weighted by Crippen LogP contribution is 2.48. The Labute approximate surface area is 477 Å². The molecule has 12 rings (SSSR count). The lowest BCUT2D eigenvalue weighted by molar-refractivity contribution is -0.137. The van der Waals surface area contributed by atoms with Crippen molar-refractivity contribution in [3.05, 3.63) is 261 Å². The van der Waals surface area contributed by atoms with Crippen LogP contribution in [0.4, 0.5) is 35.9 Å². The fraction of sp³-hybridized carbons (Fsp3) is 0.0143. The van der Waals surface area contributed by atoms with Crippen LogP contribution in [0.25, 0.3) is 130 Å². The van der Waals surface area contributed by atoms with Gasteiger partial charge in [0.2, 0.25) is 0 Å². The molecule has 0 aliphatic rings. The number of nitriles is 5. The van der Waals surface area contributed by atoms with E-state index < -0.39 is 11.7 Å². The third-order valence-corrected chi connectivity index (χ3v) is 15.0. The van der Waals surface area contributed by atoms with Crippen molar-refractivity contribution in [3.8, 4) is 97.4 Å². The van der Waals surface area contributed by atoms with E-state index in [9.17, 15) is 26.3 Å². The number of halogens is 3. The van der Waals surface area contributed by atoms with Gasteiger partial charge in [-0.1, -0.05) is 84.9 Å². The van der Waals surface area contributed by atoms with Gasteiger partial charge in [0, 0.05) is 27.1 Å². The maximum absolute atomic E-state index is 16.7. The van der Waals surface area contributed by atoms with E-state index >= 15 is 13.2 Å². The van der Waals surface area contributed by atoms with Crippen molar-refractivity contribution in [2.45, 2.75) is 6.18 Å². The van der Waals surface area contributed by atoms with Crippen molar-refractivity contribution in [2.75, 3.05) is 0 Å². The molecule has 2 heterocycles. The molecule has 84 heavy (non-hydrogen) atoms. The Morgan fingerprint density at radius 1 is 0.345 bits per heavy atom. The van der Waals surface area contributed by atoms with E-state index in [1.807, 2.05) is 12.1 Å². The first-order chi connectivity index (χ1) is 40.8. The minimum absolute atomic E-state index is 0.0909. The second-order valence-electron chi connectivity index (χ2n) is 19.5. The highest BCUT2D eigenvalue weighted by Gasteiger charge is 2.37. The van der Waals surface area contributed by atoms with Gasteiger partial charge in [-0.15, -0.1) is 0 Å². The van der Waals surface area contributed by atoms with Crippen LogP contribution in [0.15, 0.2) is 182 Å². The van der Waals surface area contributed by atoms with E-state index in [-0.39, 0.29) is 61.9 Å². The highest BCUT2D eigenvalue weighted by molar-refractivity contribution is 6.14. The SMILES string of the molecule is [C-]#[N+]c1ccc(-c2ccc3c(c2)c2cc(-c4ccc([N+]#[C-])cc4[N+]#[C-])ccc2n3-c2cc(C(F)(F)F)c(-n3c4ccc(-c5ccc(C#N)cc5C#N)cc4c4cc(-c5ccc(C#N)cc5C#N)ccc43)cc2-c2cccc(C#N)c2)c([N+]#[C-])c1. The monoisotopic (exact) mass is 1080 g/mol. The molecule has 0 saturated heterocycles. The topological polar surface area (TPSA) is 146 Å². The van der Waals surface area contributed by atoms with Crippen LogP contribution in [0.2, 0.25) is 0 Å². The second-order valence-corrected chi connectivity index (χ2v) is 19.5. The number of aromatic nitrogens is 2. The summed E-state index contributed by atoms with van der Waals surface area (Å²) in [6.07, 6.45) is -5.03. The minimum atomic E-state index is -5.03. The summed E-state index contributed by atoms with van der Waals surface area (Å²) in [5, 5.41) is 52.3. The number of hydrogen-bond acceptors (Lipinski definition) is 5. The summed E-state index contributed by atoms with van der Waals surface area (Å²) in [5.74, 6) is 0. The summed E-state index contributed by atoms with van der Waals surface area (Å²) in [6.45, 7) is 31.2. The summed E-state index contributed by atoms with van der Waals surface area (Å²) in [6, 6.07) is 59.9. The number of alkyl halides is 3. The average Bonchev–Trinajstić information content (AvgIpc) is 2.43. The number of rotatable bonds is 7. The van der Waals surface area contributed by atoms with Gasteiger partial charge in [0.05, 0.1) is 123 Å². The van der Waals surface area contributed by atoms with Crippen LogP contribution in [0.5, 0.6) is 0 Å². The smallest absolute Gasteiger partial charge is 0.309 e. The fourth-order valence-electron chi connectivity index (χ4n) is 11.2. The van der Waals surface area contributed by atoms with Crippen molar-refractivity contribution in [1.82, 2.24) is 9.13 Å². The maximum atomic E-state index is 16.7. The van der Waals surface area contributed by atoms with E-state index in [2.05, 4.69) is 49.7 Å². The molecule has 0 spiro atoms. The molecule has 0 aliphatic heterocycles. The molecule has 0 atom stereocenters. The van der Waals surface area contributed by atoms with Crippen molar-refractivity contribution >= 4 is 66.4 Å². The Morgan fingerprint density at radius 2 is 0.738 bits per heavy atom. The van der Waals surface area contributed by atoms with Gasteiger partial charge in [-0.2, -0.15) is 39.5 Å². The molecular weight excluding hydrogens is 1050 g/mol. The quantitative estimate of drug-likeness (QED) is 0.146. The molecule has 0 saturated carbocycles. The van der Waals surface area contributed by atoms with Crippen LogP contribution in [-0.2, 0) is 6.18 Å². The Morgan fingerprint density at radius 3 is 1.13 bits per heavy atom. The van der Waals surface area contributed by atoms with E-state index in [0.717, 1.165) is 6.07 Å². The van der Waals surface area contributed by atoms with Crippen molar-refractivity contribution in [1.29, 1.82) is 26.3 Å². The molecule has 11 nitrogen and oxygen atoms in total. The molecule has 12 aromatic rings. The Bertz CT molecular complexity index is 5060. The standard InChI is InChI=1S/C70H30F3N11/c1-79-50-14-18-54(62(31-50)81-3)46-12-22-64-59(29-46)60-30-47(55-19-15-51(80-2)32-63(55)82-4)13-23-65(60)83(64)68-34-61(70(71,72)73)69(33-56(68)43-7-5-6-40(24-43)35-74)84-66-20-10-44(52-16-8-41(36-75)25-48(52)38-77)27-57(66)58-28-45(11-21-67(58)84)53-17-9-42(37-76)26-49(53)39-78/h5-34H. The molecule has 10 aromatic carbocycles. The lowest BCUT2D eigenvalue weighted by Gasteiger charge is -2.22. The third kappa shape index (κ3) is 8.57. The van der Waals surface area contributed by atoms with Gasteiger partial charge in [0.1, 0.15) is 0 Å². The molecule has 14 heteroatoms. The van der Waals surface area contributed by atoms with Crippen molar-refractivity contribution < 1.29 is 13.2 Å². The maximum Gasteiger partial charge on any atom is 0.418 e. The van der Waals surface area contributed by atoms with Crippen LogP contribution >= 0.6 is 0 Å². The van der Waals surface area contributed by atoms with Crippen LogP contribution in [0.3, 0.4) is 0 Å². The Hall–Kier alpha value is -13.0. The van der Waals surface area contributed by atoms with Gasteiger partial charge in [-0.3, -0.25) is 0 Å².